The second-order valence-corrected chi connectivity index (χ2v) is 7.66. The number of benzene rings is 2. The highest BCUT2D eigenvalue weighted by Gasteiger charge is 2.10. The molecule has 0 aliphatic rings. The summed E-state index contributed by atoms with van der Waals surface area (Å²) >= 11 is 9.56. The summed E-state index contributed by atoms with van der Waals surface area (Å²) in [4.78, 5) is 9.05. The standard InChI is InChI=1S/C21H16BrClN4O/c1-12-9-19(17-10-16(23)7-8-18(17)25-12)27-24-11-20-13(2)28-21(26-20)14-3-5-15(22)6-4-14/h3-11H,1-2H3,(H,25,27)/b24-11+. The first-order valence-electron chi connectivity index (χ1n) is 8.59. The molecule has 28 heavy (non-hydrogen) atoms. The molecule has 0 unspecified atom stereocenters. The minimum atomic E-state index is 0.559. The average molecular weight is 456 g/mol. The summed E-state index contributed by atoms with van der Waals surface area (Å²) in [5.41, 5.74) is 7.22. The third-order valence-corrected chi connectivity index (χ3v) is 4.96. The number of fused-ring (bicyclic) bond motifs is 1. The Morgan fingerprint density at radius 2 is 1.86 bits per heavy atom. The van der Waals surface area contributed by atoms with E-state index in [0.717, 1.165) is 32.3 Å². The van der Waals surface area contributed by atoms with Gasteiger partial charge in [0.1, 0.15) is 11.5 Å². The summed E-state index contributed by atoms with van der Waals surface area (Å²) in [6.45, 7) is 3.80. The Morgan fingerprint density at radius 1 is 1.07 bits per heavy atom. The van der Waals surface area contributed by atoms with Gasteiger partial charge in [0.15, 0.2) is 0 Å². The van der Waals surface area contributed by atoms with E-state index in [-0.39, 0.29) is 0 Å². The third-order valence-electron chi connectivity index (χ3n) is 4.19. The van der Waals surface area contributed by atoms with Crippen LogP contribution >= 0.6 is 27.5 Å². The predicted octanol–water partition coefficient (Wildman–Crippen LogP) is 6.37. The SMILES string of the molecule is Cc1cc(N/N=C/c2nc(-c3ccc(Br)cc3)oc2C)c2cc(Cl)ccc2n1. The lowest BCUT2D eigenvalue weighted by atomic mass is 10.1. The summed E-state index contributed by atoms with van der Waals surface area (Å²) in [7, 11) is 0. The molecule has 2 heterocycles. The Balaban J connectivity index is 1.60. The molecular formula is C21H16BrClN4O. The Bertz CT molecular complexity index is 1190. The fourth-order valence-electron chi connectivity index (χ4n) is 2.83. The first-order valence-corrected chi connectivity index (χ1v) is 9.76. The number of nitrogens with one attached hydrogen (secondary N) is 1. The van der Waals surface area contributed by atoms with Crippen molar-refractivity contribution in [1.82, 2.24) is 9.97 Å². The molecule has 0 fully saturated rings. The van der Waals surface area contributed by atoms with Crippen molar-refractivity contribution in [1.29, 1.82) is 0 Å². The van der Waals surface area contributed by atoms with Crippen LogP contribution in [0.5, 0.6) is 0 Å². The summed E-state index contributed by atoms with van der Waals surface area (Å²) in [6, 6.07) is 15.3. The molecule has 140 valence electrons. The number of hydrazone groups is 1. The maximum atomic E-state index is 6.13. The van der Waals surface area contributed by atoms with Gasteiger partial charge >= 0.3 is 0 Å². The van der Waals surface area contributed by atoms with E-state index in [0.29, 0.717) is 22.4 Å². The van der Waals surface area contributed by atoms with Gasteiger partial charge in [-0.2, -0.15) is 5.10 Å². The number of aromatic nitrogens is 2. The molecule has 2 aromatic carbocycles. The normalized spacial score (nSPS) is 11.4. The fourth-order valence-corrected chi connectivity index (χ4v) is 3.27. The van der Waals surface area contributed by atoms with Crippen molar-refractivity contribution in [2.24, 2.45) is 5.10 Å². The van der Waals surface area contributed by atoms with Gasteiger partial charge in [-0.1, -0.05) is 27.5 Å². The Hall–Kier alpha value is -2.70. The number of halogens is 2. The van der Waals surface area contributed by atoms with Crippen molar-refractivity contribution >= 4 is 50.3 Å². The van der Waals surface area contributed by atoms with Crippen LogP contribution in [0.4, 0.5) is 5.69 Å². The van der Waals surface area contributed by atoms with Gasteiger partial charge in [-0.3, -0.25) is 10.4 Å². The smallest absolute Gasteiger partial charge is 0.226 e. The van der Waals surface area contributed by atoms with Crippen LogP contribution in [0.1, 0.15) is 17.1 Å². The molecule has 0 bridgehead atoms. The second kappa shape index (κ2) is 7.73. The minimum absolute atomic E-state index is 0.559. The van der Waals surface area contributed by atoms with Gasteiger partial charge in [-0.15, -0.1) is 0 Å². The zero-order chi connectivity index (χ0) is 19.7. The molecule has 0 spiro atoms. The molecular weight excluding hydrogens is 440 g/mol. The topological polar surface area (TPSA) is 63.3 Å². The molecule has 0 radical (unpaired) electrons. The predicted molar refractivity (Wildman–Crippen MR) is 117 cm³/mol. The van der Waals surface area contributed by atoms with Crippen molar-refractivity contribution in [3.8, 4) is 11.5 Å². The molecule has 0 saturated heterocycles. The second-order valence-electron chi connectivity index (χ2n) is 6.31. The lowest BCUT2D eigenvalue weighted by molar-refractivity contribution is 0.542. The third kappa shape index (κ3) is 3.93. The molecule has 0 amide bonds. The van der Waals surface area contributed by atoms with Gasteiger partial charge in [0.25, 0.3) is 0 Å². The molecule has 0 aliphatic carbocycles. The van der Waals surface area contributed by atoms with Crippen molar-refractivity contribution in [2.75, 3.05) is 5.43 Å². The number of rotatable bonds is 4. The summed E-state index contributed by atoms with van der Waals surface area (Å²) in [6.07, 6.45) is 1.65. The molecule has 2 aromatic heterocycles. The van der Waals surface area contributed by atoms with Crippen molar-refractivity contribution in [3.05, 3.63) is 75.2 Å². The van der Waals surface area contributed by atoms with Crippen LogP contribution in [0, 0.1) is 13.8 Å². The minimum Gasteiger partial charge on any atom is -0.441 e. The molecule has 7 heteroatoms. The van der Waals surface area contributed by atoms with E-state index in [1.54, 1.807) is 6.21 Å². The average Bonchev–Trinajstić information content (AvgIpc) is 3.03. The first-order chi connectivity index (χ1) is 13.5. The van der Waals surface area contributed by atoms with Gasteiger partial charge < -0.3 is 4.42 Å². The van der Waals surface area contributed by atoms with E-state index in [4.69, 9.17) is 16.0 Å². The summed E-state index contributed by atoms with van der Waals surface area (Å²) in [5.74, 6) is 1.26. The molecule has 4 aromatic rings. The van der Waals surface area contributed by atoms with Gasteiger partial charge in [0.05, 0.1) is 17.4 Å². The van der Waals surface area contributed by atoms with E-state index >= 15 is 0 Å². The summed E-state index contributed by atoms with van der Waals surface area (Å²) < 4.78 is 6.78. The molecule has 1 N–H and O–H groups in total. The van der Waals surface area contributed by atoms with Crippen LogP contribution in [-0.4, -0.2) is 16.2 Å². The number of nitrogens with zero attached hydrogens (tertiary/aromatic N) is 3. The monoisotopic (exact) mass is 454 g/mol. The molecule has 0 saturated carbocycles. The number of pyridine rings is 1. The van der Waals surface area contributed by atoms with E-state index in [2.05, 4.69) is 36.4 Å². The van der Waals surface area contributed by atoms with Gasteiger partial charge in [0.2, 0.25) is 5.89 Å². The number of anilines is 1. The van der Waals surface area contributed by atoms with Crippen LogP contribution in [-0.2, 0) is 0 Å². The highest BCUT2D eigenvalue weighted by atomic mass is 79.9. The number of hydrogen-bond donors (Lipinski definition) is 1. The lowest BCUT2D eigenvalue weighted by Crippen LogP contribution is -1.95. The first kappa shape index (κ1) is 18.7. The number of aryl methyl sites for hydroxylation is 2. The van der Waals surface area contributed by atoms with E-state index in [1.807, 2.05) is 62.4 Å². The van der Waals surface area contributed by atoms with Crippen LogP contribution in [0.15, 0.2) is 62.5 Å². The maximum Gasteiger partial charge on any atom is 0.226 e. The fraction of sp³-hybridized carbons (Fsp3) is 0.0952. The van der Waals surface area contributed by atoms with Crippen LogP contribution in [0.2, 0.25) is 5.02 Å². The summed E-state index contributed by atoms with van der Waals surface area (Å²) in [5, 5.41) is 5.89. The Morgan fingerprint density at radius 3 is 2.64 bits per heavy atom. The van der Waals surface area contributed by atoms with Crippen molar-refractivity contribution in [3.63, 3.8) is 0 Å². The van der Waals surface area contributed by atoms with Gasteiger partial charge in [0, 0.05) is 26.1 Å². The Labute approximate surface area is 175 Å². The van der Waals surface area contributed by atoms with Crippen LogP contribution in [0.25, 0.3) is 22.4 Å². The highest BCUT2D eigenvalue weighted by molar-refractivity contribution is 9.10. The van der Waals surface area contributed by atoms with E-state index < -0.39 is 0 Å². The molecule has 5 nitrogen and oxygen atoms in total. The van der Waals surface area contributed by atoms with Gasteiger partial charge in [-0.25, -0.2) is 4.98 Å². The maximum absolute atomic E-state index is 6.13. The zero-order valence-corrected chi connectivity index (χ0v) is 17.5. The Kier molecular flexibility index (Phi) is 5.15. The zero-order valence-electron chi connectivity index (χ0n) is 15.2. The van der Waals surface area contributed by atoms with Crippen LogP contribution < -0.4 is 5.43 Å². The molecule has 4 rings (SSSR count). The number of oxazole rings is 1. The molecule has 0 atom stereocenters. The van der Waals surface area contributed by atoms with Crippen LogP contribution in [0.3, 0.4) is 0 Å². The van der Waals surface area contributed by atoms with Crippen molar-refractivity contribution < 1.29 is 4.42 Å². The number of hydrogen-bond acceptors (Lipinski definition) is 5. The van der Waals surface area contributed by atoms with E-state index in [1.165, 1.54) is 0 Å². The lowest BCUT2D eigenvalue weighted by Gasteiger charge is -2.07. The largest absolute Gasteiger partial charge is 0.441 e. The molecule has 0 aliphatic heterocycles. The van der Waals surface area contributed by atoms with Crippen molar-refractivity contribution in [2.45, 2.75) is 13.8 Å². The van der Waals surface area contributed by atoms with E-state index in [9.17, 15) is 0 Å². The highest BCUT2D eigenvalue weighted by Crippen LogP contribution is 2.26. The quantitative estimate of drug-likeness (QED) is 0.287. The van der Waals surface area contributed by atoms with Gasteiger partial charge in [-0.05, 0) is 62.4 Å².